The largest absolute Gasteiger partial charge is 0.366 e. The number of carbonyl (C=O) groups excluding carboxylic acids is 1. The van der Waals surface area contributed by atoms with Gasteiger partial charge in [-0.3, -0.25) is 14.2 Å². The number of anilines is 2. The molecule has 6 nitrogen and oxygen atoms in total. The summed E-state index contributed by atoms with van der Waals surface area (Å²) in [7, 11) is 1.66. The quantitative estimate of drug-likeness (QED) is 0.576. The van der Waals surface area contributed by atoms with Gasteiger partial charge in [-0.1, -0.05) is 11.8 Å². The molecule has 0 unspecified atom stereocenters. The maximum absolute atomic E-state index is 12.2. The highest BCUT2D eigenvalue weighted by Crippen LogP contribution is 2.25. The van der Waals surface area contributed by atoms with Crippen LogP contribution in [-0.4, -0.2) is 34.8 Å². The minimum atomic E-state index is -0.193. The van der Waals surface area contributed by atoms with Gasteiger partial charge in [-0.25, -0.2) is 4.98 Å². The van der Waals surface area contributed by atoms with E-state index in [1.165, 1.54) is 28.2 Å². The third-order valence-corrected chi connectivity index (χ3v) is 3.42. The van der Waals surface area contributed by atoms with Crippen LogP contribution in [0.3, 0.4) is 0 Å². The van der Waals surface area contributed by atoms with E-state index in [2.05, 4.69) is 10.3 Å². The molecule has 1 aliphatic heterocycles. The van der Waals surface area contributed by atoms with Gasteiger partial charge in [0.1, 0.15) is 0 Å². The molecule has 0 atom stereocenters. The van der Waals surface area contributed by atoms with Crippen molar-refractivity contribution < 1.29 is 4.79 Å². The van der Waals surface area contributed by atoms with Gasteiger partial charge in [-0.15, -0.1) is 0 Å². The molecular formula is C10H14N4O2S. The van der Waals surface area contributed by atoms with Crippen molar-refractivity contribution in [2.45, 2.75) is 12.1 Å². The van der Waals surface area contributed by atoms with E-state index in [0.29, 0.717) is 29.8 Å². The highest BCUT2D eigenvalue weighted by molar-refractivity contribution is 7.98. The predicted octanol–water partition coefficient (Wildman–Crippen LogP) is 0.281. The van der Waals surface area contributed by atoms with Gasteiger partial charge < -0.3 is 10.2 Å². The Hall–Kier alpha value is -1.50. The Balaban J connectivity index is 2.66. The van der Waals surface area contributed by atoms with Crippen LogP contribution in [0, 0.1) is 0 Å². The molecule has 2 heterocycles. The predicted molar refractivity (Wildman–Crippen MR) is 67.8 cm³/mol. The van der Waals surface area contributed by atoms with Crippen LogP contribution in [0.2, 0.25) is 0 Å². The van der Waals surface area contributed by atoms with Crippen molar-refractivity contribution in [1.82, 2.24) is 9.55 Å². The molecule has 7 heteroatoms. The molecule has 0 spiro atoms. The first-order chi connectivity index (χ1) is 8.06. The molecule has 17 heavy (non-hydrogen) atoms. The Morgan fingerprint density at radius 3 is 2.82 bits per heavy atom. The Morgan fingerprint density at radius 2 is 2.24 bits per heavy atom. The Morgan fingerprint density at radius 1 is 1.53 bits per heavy atom. The zero-order valence-electron chi connectivity index (χ0n) is 9.98. The molecule has 1 amide bonds. The molecule has 0 aliphatic carbocycles. The van der Waals surface area contributed by atoms with Crippen molar-refractivity contribution in [3.8, 4) is 0 Å². The van der Waals surface area contributed by atoms with Gasteiger partial charge >= 0.3 is 0 Å². The normalized spacial score (nSPS) is 14.2. The maximum Gasteiger partial charge on any atom is 0.280 e. The molecular weight excluding hydrogens is 240 g/mol. The van der Waals surface area contributed by atoms with Crippen LogP contribution in [-0.2, 0) is 11.8 Å². The summed E-state index contributed by atoms with van der Waals surface area (Å²) < 4.78 is 1.46. The first-order valence-corrected chi connectivity index (χ1v) is 6.45. The zero-order valence-corrected chi connectivity index (χ0v) is 10.8. The van der Waals surface area contributed by atoms with E-state index in [0.717, 1.165) is 0 Å². The van der Waals surface area contributed by atoms with Gasteiger partial charge in [0.05, 0.1) is 0 Å². The van der Waals surface area contributed by atoms with E-state index < -0.39 is 0 Å². The summed E-state index contributed by atoms with van der Waals surface area (Å²) in [5.41, 5.74) is 0.158. The van der Waals surface area contributed by atoms with Gasteiger partial charge in [-0.05, 0) is 6.26 Å². The summed E-state index contributed by atoms with van der Waals surface area (Å²) >= 11 is 1.40. The standard InChI is InChI=1S/C10H14N4O2S/c1-6(15)14-5-4-11-8-7(14)9(16)13(2)10(12-8)17-3/h11H,4-5H2,1-3H3. The van der Waals surface area contributed by atoms with Crippen molar-refractivity contribution in [1.29, 1.82) is 0 Å². The lowest BCUT2D eigenvalue weighted by atomic mass is 10.3. The second kappa shape index (κ2) is 4.40. The van der Waals surface area contributed by atoms with Crippen LogP contribution < -0.4 is 15.8 Å². The molecule has 0 radical (unpaired) electrons. The Kier molecular flexibility index (Phi) is 3.10. The second-order valence-corrected chi connectivity index (χ2v) is 4.53. The van der Waals surface area contributed by atoms with Crippen molar-refractivity contribution in [3.63, 3.8) is 0 Å². The van der Waals surface area contributed by atoms with E-state index in [-0.39, 0.29) is 11.5 Å². The summed E-state index contributed by atoms with van der Waals surface area (Å²) in [6, 6.07) is 0. The van der Waals surface area contributed by atoms with Gasteiger partial charge in [0.15, 0.2) is 16.7 Å². The van der Waals surface area contributed by atoms with Gasteiger partial charge in [0.25, 0.3) is 5.56 Å². The highest BCUT2D eigenvalue weighted by atomic mass is 32.2. The van der Waals surface area contributed by atoms with E-state index in [9.17, 15) is 9.59 Å². The molecule has 0 bridgehead atoms. The second-order valence-electron chi connectivity index (χ2n) is 3.76. The fraction of sp³-hybridized carbons (Fsp3) is 0.500. The topological polar surface area (TPSA) is 67.2 Å². The Bertz CT molecular complexity index is 526. The van der Waals surface area contributed by atoms with Gasteiger partial charge in [0, 0.05) is 27.1 Å². The molecule has 92 valence electrons. The summed E-state index contributed by atoms with van der Waals surface area (Å²) in [5, 5.41) is 3.69. The fourth-order valence-corrected chi connectivity index (χ4v) is 2.37. The van der Waals surface area contributed by atoms with Crippen LogP contribution >= 0.6 is 11.8 Å². The van der Waals surface area contributed by atoms with Crippen LogP contribution in [0.25, 0.3) is 0 Å². The lowest BCUT2D eigenvalue weighted by Gasteiger charge is -2.28. The maximum atomic E-state index is 12.2. The number of thioether (sulfide) groups is 1. The molecule has 0 fully saturated rings. The van der Waals surface area contributed by atoms with Gasteiger partial charge in [-0.2, -0.15) is 0 Å². The minimum Gasteiger partial charge on any atom is -0.366 e. The third-order valence-electron chi connectivity index (χ3n) is 2.69. The van der Waals surface area contributed by atoms with Crippen molar-refractivity contribution in [2.24, 2.45) is 7.05 Å². The monoisotopic (exact) mass is 254 g/mol. The first-order valence-electron chi connectivity index (χ1n) is 5.23. The number of rotatable bonds is 1. The van der Waals surface area contributed by atoms with Crippen LogP contribution in [0.5, 0.6) is 0 Å². The van der Waals surface area contributed by atoms with E-state index in [4.69, 9.17) is 0 Å². The highest BCUT2D eigenvalue weighted by Gasteiger charge is 2.26. The average molecular weight is 254 g/mol. The summed E-state index contributed by atoms with van der Waals surface area (Å²) in [4.78, 5) is 29.5. The number of fused-ring (bicyclic) bond motifs is 1. The number of nitrogens with zero attached hydrogens (tertiary/aromatic N) is 3. The molecule has 0 saturated carbocycles. The number of hydrogen-bond donors (Lipinski definition) is 1. The van der Waals surface area contributed by atoms with Crippen molar-refractivity contribution in [3.05, 3.63) is 10.4 Å². The average Bonchev–Trinajstić information content (AvgIpc) is 2.32. The molecule has 1 aliphatic rings. The lowest BCUT2D eigenvalue weighted by molar-refractivity contribution is -0.116. The molecule has 1 N–H and O–H groups in total. The number of aromatic nitrogens is 2. The smallest absolute Gasteiger partial charge is 0.280 e. The van der Waals surface area contributed by atoms with E-state index in [1.807, 2.05) is 6.26 Å². The van der Waals surface area contributed by atoms with Gasteiger partial charge in [0.2, 0.25) is 5.91 Å². The number of carbonyl (C=O) groups is 1. The molecule has 1 aromatic rings. The summed E-state index contributed by atoms with van der Waals surface area (Å²) in [5.74, 6) is 0.363. The first kappa shape index (κ1) is 12.0. The molecule has 0 aromatic carbocycles. The van der Waals surface area contributed by atoms with Crippen LogP contribution in [0.4, 0.5) is 11.5 Å². The van der Waals surface area contributed by atoms with E-state index >= 15 is 0 Å². The number of hydrogen-bond acceptors (Lipinski definition) is 5. The molecule has 0 saturated heterocycles. The van der Waals surface area contributed by atoms with E-state index in [1.54, 1.807) is 7.05 Å². The summed E-state index contributed by atoms with van der Waals surface area (Å²) in [6.45, 7) is 2.56. The van der Waals surface area contributed by atoms with Crippen molar-refractivity contribution >= 4 is 29.2 Å². The third kappa shape index (κ3) is 1.90. The number of amides is 1. The summed E-state index contributed by atoms with van der Waals surface area (Å²) in [6.07, 6.45) is 1.86. The van der Waals surface area contributed by atoms with Crippen molar-refractivity contribution in [2.75, 3.05) is 29.6 Å². The van der Waals surface area contributed by atoms with Crippen LogP contribution in [0.1, 0.15) is 6.92 Å². The molecule has 2 rings (SSSR count). The SMILES string of the molecule is CSc1nc2c(c(=O)n1C)N(C(C)=O)CCN2. The number of nitrogens with one attached hydrogen (secondary N) is 1. The Labute approximate surface area is 103 Å². The fourth-order valence-electron chi connectivity index (χ4n) is 1.83. The minimum absolute atomic E-state index is 0.136. The zero-order chi connectivity index (χ0) is 12.6. The molecule has 1 aromatic heterocycles. The lowest BCUT2D eigenvalue weighted by Crippen LogP contribution is -2.43. The van der Waals surface area contributed by atoms with Crippen LogP contribution in [0.15, 0.2) is 9.95 Å².